The molecule has 3 amide bonds. The molecule has 0 rings (SSSR count). The van der Waals surface area contributed by atoms with E-state index in [-0.39, 0.29) is 26.0 Å². The summed E-state index contributed by atoms with van der Waals surface area (Å²) in [6.07, 6.45) is -0.299. The van der Waals surface area contributed by atoms with Crippen molar-refractivity contribution in [1.29, 1.82) is 0 Å². The van der Waals surface area contributed by atoms with E-state index >= 15 is 0 Å². The molecule has 0 aromatic rings. The third kappa shape index (κ3) is 8.41. The van der Waals surface area contributed by atoms with E-state index in [0.29, 0.717) is 0 Å². The number of carboxylic acid groups (broad SMARTS) is 1. The van der Waals surface area contributed by atoms with Crippen LogP contribution in [-0.4, -0.2) is 48.2 Å². The van der Waals surface area contributed by atoms with E-state index in [1.54, 1.807) is 6.92 Å². The number of rotatable bonds is 8. The molecular formula is C10H17N3O6. The van der Waals surface area contributed by atoms with Gasteiger partial charge in [0.2, 0.25) is 5.91 Å². The number of hydrogen-bond acceptors (Lipinski definition) is 5. The van der Waals surface area contributed by atoms with Crippen LogP contribution in [-0.2, 0) is 19.1 Å². The van der Waals surface area contributed by atoms with Gasteiger partial charge in [-0.25, -0.2) is 9.59 Å². The lowest BCUT2D eigenvalue weighted by atomic mass is 10.1. The molecule has 0 aliphatic rings. The molecule has 1 atom stereocenters. The van der Waals surface area contributed by atoms with Crippen molar-refractivity contribution in [1.82, 2.24) is 10.6 Å². The molecule has 19 heavy (non-hydrogen) atoms. The Balaban J connectivity index is 4.13. The largest absolute Gasteiger partial charge is 0.480 e. The van der Waals surface area contributed by atoms with Gasteiger partial charge < -0.3 is 26.2 Å². The number of aliphatic carboxylic acids is 1. The van der Waals surface area contributed by atoms with E-state index in [0.717, 1.165) is 0 Å². The number of esters is 1. The Morgan fingerprint density at radius 3 is 2.42 bits per heavy atom. The Kier molecular flexibility index (Phi) is 7.66. The van der Waals surface area contributed by atoms with Gasteiger partial charge in [0.15, 0.2) is 0 Å². The van der Waals surface area contributed by atoms with Crippen molar-refractivity contribution >= 4 is 23.9 Å². The minimum Gasteiger partial charge on any atom is -0.480 e. The van der Waals surface area contributed by atoms with Crippen molar-refractivity contribution in [3.63, 3.8) is 0 Å². The zero-order chi connectivity index (χ0) is 14.8. The van der Waals surface area contributed by atoms with Gasteiger partial charge in [-0.3, -0.25) is 9.59 Å². The number of carbonyl (C=O) groups is 4. The van der Waals surface area contributed by atoms with Gasteiger partial charge in [-0.15, -0.1) is 0 Å². The first-order chi connectivity index (χ1) is 8.86. The lowest BCUT2D eigenvalue weighted by Crippen LogP contribution is -2.47. The molecule has 0 aromatic carbocycles. The van der Waals surface area contributed by atoms with E-state index in [4.69, 9.17) is 10.8 Å². The highest BCUT2D eigenvalue weighted by molar-refractivity contribution is 5.85. The van der Waals surface area contributed by atoms with Crippen molar-refractivity contribution in [3.8, 4) is 0 Å². The number of carbonyl (C=O) groups excluding carboxylic acids is 3. The van der Waals surface area contributed by atoms with Crippen LogP contribution in [0.2, 0.25) is 0 Å². The van der Waals surface area contributed by atoms with Crippen molar-refractivity contribution < 1.29 is 29.0 Å². The predicted octanol–water partition coefficient (Wildman–Crippen LogP) is -1.43. The number of urea groups is 1. The molecule has 0 aromatic heterocycles. The smallest absolute Gasteiger partial charge is 0.326 e. The number of amides is 3. The zero-order valence-corrected chi connectivity index (χ0v) is 10.5. The molecule has 0 aliphatic carbocycles. The van der Waals surface area contributed by atoms with Crippen LogP contribution in [0, 0.1) is 0 Å². The minimum absolute atomic E-state index is 0.127. The number of carboxylic acids is 1. The fourth-order valence-electron chi connectivity index (χ4n) is 1.12. The molecule has 0 unspecified atom stereocenters. The highest BCUT2D eigenvalue weighted by Gasteiger charge is 2.20. The molecule has 0 aliphatic heterocycles. The molecule has 0 fully saturated rings. The lowest BCUT2D eigenvalue weighted by Gasteiger charge is -2.14. The maximum atomic E-state index is 11.3. The SMILES string of the molecule is CCOC(=O)CNC(=O)N[C@H](CCC(N)=O)C(=O)O. The first-order valence-electron chi connectivity index (χ1n) is 5.57. The summed E-state index contributed by atoms with van der Waals surface area (Å²) >= 11 is 0. The number of hydrogen-bond donors (Lipinski definition) is 4. The average molecular weight is 275 g/mol. The lowest BCUT2D eigenvalue weighted by molar-refractivity contribution is -0.141. The highest BCUT2D eigenvalue weighted by atomic mass is 16.5. The van der Waals surface area contributed by atoms with E-state index < -0.39 is 29.9 Å². The monoisotopic (exact) mass is 275 g/mol. The first kappa shape index (κ1) is 16.7. The van der Waals surface area contributed by atoms with Gasteiger partial charge >= 0.3 is 18.0 Å². The predicted molar refractivity (Wildman–Crippen MR) is 63.0 cm³/mol. The van der Waals surface area contributed by atoms with Crippen LogP contribution in [0.15, 0.2) is 0 Å². The fraction of sp³-hybridized carbons (Fsp3) is 0.600. The maximum absolute atomic E-state index is 11.3. The van der Waals surface area contributed by atoms with Crippen LogP contribution in [0.5, 0.6) is 0 Å². The summed E-state index contributed by atoms with van der Waals surface area (Å²) in [5.74, 6) is -2.60. The third-order valence-corrected chi connectivity index (χ3v) is 1.98. The van der Waals surface area contributed by atoms with E-state index in [1.807, 2.05) is 0 Å². The number of nitrogens with two attached hydrogens (primary N) is 1. The Bertz CT molecular complexity index is 357. The van der Waals surface area contributed by atoms with Crippen molar-refractivity contribution in [2.45, 2.75) is 25.8 Å². The highest BCUT2D eigenvalue weighted by Crippen LogP contribution is 1.97. The number of primary amides is 1. The van der Waals surface area contributed by atoms with Gasteiger partial charge in [0, 0.05) is 6.42 Å². The molecule has 9 heteroatoms. The van der Waals surface area contributed by atoms with E-state index in [1.165, 1.54) is 0 Å². The second kappa shape index (κ2) is 8.72. The standard InChI is InChI=1S/C10H17N3O6/c1-2-19-8(15)5-12-10(18)13-6(9(16)17)3-4-7(11)14/h6H,2-5H2,1H3,(H2,11,14)(H,16,17)(H2,12,13,18)/t6-/m1/s1. The molecule has 0 radical (unpaired) electrons. The third-order valence-electron chi connectivity index (χ3n) is 1.98. The summed E-state index contributed by atoms with van der Waals surface area (Å²) in [5.41, 5.74) is 4.88. The summed E-state index contributed by atoms with van der Waals surface area (Å²) in [7, 11) is 0. The molecule has 0 saturated heterocycles. The van der Waals surface area contributed by atoms with Crippen molar-refractivity contribution in [2.24, 2.45) is 5.73 Å². The minimum atomic E-state index is -1.30. The quantitative estimate of drug-likeness (QED) is 0.399. The summed E-state index contributed by atoms with van der Waals surface area (Å²) in [6, 6.07) is -2.10. The van der Waals surface area contributed by atoms with E-state index in [2.05, 4.69) is 15.4 Å². The zero-order valence-electron chi connectivity index (χ0n) is 10.5. The molecule has 0 saturated carbocycles. The van der Waals surface area contributed by atoms with Crippen LogP contribution in [0.4, 0.5) is 4.79 Å². The van der Waals surface area contributed by atoms with Gasteiger partial charge in [-0.1, -0.05) is 0 Å². The molecule has 0 bridgehead atoms. The van der Waals surface area contributed by atoms with Gasteiger partial charge in [0.25, 0.3) is 0 Å². The molecule has 0 heterocycles. The average Bonchev–Trinajstić information content (AvgIpc) is 2.31. The van der Waals surface area contributed by atoms with Crippen molar-refractivity contribution in [3.05, 3.63) is 0 Å². The molecule has 5 N–H and O–H groups in total. The summed E-state index contributed by atoms with van der Waals surface area (Å²) in [6.45, 7) is 1.42. The second-order valence-corrected chi connectivity index (χ2v) is 3.53. The van der Waals surface area contributed by atoms with Crippen LogP contribution in [0.25, 0.3) is 0 Å². The van der Waals surface area contributed by atoms with Crippen LogP contribution >= 0.6 is 0 Å². The fourth-order valence-corrected chi connectivity index (χ4v) is 1.12. The van der Waals surface area contributed by atoms with Gasteiger partial charge in [0.05, 0.1) is 6.61 Å². The summed E-state index contributed by atoms with van der Waals surface area (Å²) < 4.78 is 4.56. The Morgan fingerprint density at radius 2 is 1.95 bits per heavy atom. The maximum Gasteiger partial charge on any atom is 0.326 e. The molecule has 9 nitrogen and oxygen atoms in total. The summed E-state index contributed by atoms with van der Waals surface area (Å²) in [4.78, 5) is 43.6. The van der Waals surface area contributed by atoms with Crippen LogP contribution in [0.1, 0.15) is 19.8 Å². The normalized spacial score (nSPS) is 11.2. The molecule has 0 spiro atoms. The first-order valence-corrected chi connectivity index (χ1v) is 5.57. The summed E-state index contributed by atoms with van der Waals surface area (Å²) in [5, 5.41) is 13.1. The molecule has 108 valence electrons. The second-order valence-electron chi connectivity index (χ2n) is 3.53. The van der Waals surface area contributed by atoms with Gasteiger partial charge in [-0.05, 0) is 13.3 Å². The van der Waals surface area contributed by atoms with Crippen LogP contribution < -0.4 is 16.4 Å². The van der Waals surface area contributed by atoms with Crippen molar-refractivity contribution in [2.75, 3.05) is 13.2 Å². The van der Waals surface area contributed by atoms with Gasteiger partial charge in [-0.2, -0.15) is 0 Å². The van der Waals surface area contributed by atoms with Crippen LogP contribution in [0.3, 0.4) is 0 Å². The number of nitrogens with one attached hydrogen (secondary N) is 2. The Labute approximate surface area is 109 Å². The van der Waals surface area contributed by atoms with Gasteiger partial charge in [0.1, 0.15) is 12.6 Å². The Hall–Kier alpha value is -2.32. The number of ether oxygens (including phenoxy) is 1. The van der Waals surface area contributed by atoms with E-state index in [9.17, 15) is 19.2 Å². The topological polar surface area (TPSA) is 148 Å². The Morgan fingerprint density at radius 1 is 1.32 bits per heavy atom. The molecular weight excluding hydrogens is 258 g/mol.